The zero-order valence-corrected chi connectivity index (χ0v) is 5.57. The molecule has 1 heterocycles. The quantitative estimate of drug-likeness (QED) is 0.448. The minimum Gasteiger partial charge on any atom is -0.461 e. The molecular weight excluding hydrogens is 143 g/mol. The molecule has 0 spiro atoms. The Labute approximate surface area is 53.1 Å². The topological polar surface area (TPSA) is 60.6 Å². The van der Waals surface area contributed by atoms with Crippen molar-refractivity contribution in [3.05, 3.63) is 0 Å². The normalized spacial score (nSPS) is 17.8. The van der Waals surface area contributed by atoms with Gasteiger partial charge >= 0.3 is 14.7 Å². The van der Waals surface area contributed by atoms with Crippen LogP contribution in [0.5, 0.6) is 0 Å². The molecule has 50 valence electrons. The van der Waals surface area contributed by atoms with E-state index in [4.69, 9.17) is 5.11 Å². The fraction of sp³-hybridized carbons (Fsp3) is 0.667. The van der Waals surface area contributed by atoms with Crippen LogP contribution in [-0.2, 0) is 4.57 Å². The largest absolute Gasteiger partial charge is 0.470 e. The molecule has 1 aliphatic rings. The summed E-state index contributed by atoms with van der Waals surface area (Å²) in [5, 5.41) is 9.75. The molecule has 9 heavy (non-hydrogen) atoms. The van der Waals surface area contributed by atoms with Gasteiger partial charge in [0.15, 0.2) is 0 Å². The first-order valence-electron chi connectivity index (χ1n) is 2.41. The Morgan fingerprint density at radius 2 is 2.22 bits per heavy atom. The maximum Gasteiger partial charge on any atom is 0.470 e. The predicted molar refractivity (Wildman–Crippen MR) is 30.4 cm³/mol. The lowest BCUT2D eigenvalue weighted by molar-refractivity contribution is 0.133. The highest BCUT2D eigenvalue weighted by atomic mass is 31.1. The van der Waals surface area contributed by atoms with Crippen molar-refractivity contribution >= 4 is 14.7 Å². The second-order valence-electron chi connectivity index (χ2n) is 1.64. The maximum absolute atomic E-state index is 10.1. The monoisotopic (exact) mass is 149 g/mol. The second kappa shape index (κ2) is 2.29. The molecule has 0 aliphatic carbocycles. The number of hydrazine groups is 1. The van der Waals surface area contributed by atoms with Crippen molar-refractivity contribution in [3.8, 4) is 0 Å². The summed E-state index contributed by atoms with van der Waals surface area (Å²) in [5.41, 5.74) is 0. The van der Waals surface area contributed by atoms with Gasteiger partial charge in [-0.05, 0) is 9.34 Å². The van der Waals surface area contributed by atoms with Crippen molar-refractivity contribution in [3.63, 3.8) is 0 Å². The van der Waals surface area contributed by atoms with Crippen LogP contribution in [0.15, 0.2) is 0 Å². The lowest BCUT2D eigenvalue weighted by Gasteiger charge is -1.99. The van der Waals surface area contributed by atoms with Crippen LogP contribution in [-0.4, -0.2) is 34.1 Å². The molecule has 0 saturated carbocycles. The van der Waals surface area contributed by atoms with Gasteiger partial charge in [0.1, 0.15) is 0 Å². The van der Waals surface area contributed by atoms with Crippen molar-refractivity contribution in [1.82, 2.24) is 9.79 Å². The summed E-state index contributed by atoms with van der Waals surface area (Å²) in [5.74, 6) is 0. The van der Waals surface area contributed by atoms with Gasteiger partial charge < -0.3 is 5.11 Å². The summed E-state index contributed by atoms with van der Waals surface area (Å²) >= 11 is 0. The summed E-state index contributed by atoms with van der Waals surface area (Å²) in [6.07, 6.45) is -1.15. The van der Waals surface area contributed by atoms with E-state index in [2.05, 4.69) is 0 Å². The zero-order valence-electron chi connectivity index (χ0n) is 4.57. The lowest BCUT2D eigenvalue weighted by atomic mass is 11.0. The molecule has 0 bridgehead atoms. The summed E-state index contributed by atoms with van der Waals surface area (Å²) in [7, 11) is -0.918. The molecule has 1 atom stereocenters. The Morgan fingerprint density at radius 1 is 1.67 bits per heavy atom. The van der Waals surface area contributed by atoms with Gasteiger partial charge in [0.2, 0.25) is 0 Å². The molecular formula is C3H6N2O3P+. The third-order valence-corrected chi connectivity index (χ3v) is 1.62. The molecule has 0 radical (unpaired) electrons. The second-order valence-corrected chi connectivity index (χ2v) is 2.25. The van der Waals surface area contributed by atoms with Crippen LogP contribution >= 0.6 is 8.61 Å². The van der Waals surface area contributed by atoms with E-state index in [1.807, 2.05) is 0 Å². The number of carboxylic acid groups (broad SMARTS) is 1. The number of hydrogen-bond acceptors (Lipinski definition) is 3. The number of carbonyl (C=O) groups is 1. The Kier molecular flexibility index (Phi) is 1.64. The molecule has 0 aromatic rings. The van der Waals surface area contributed by atoms with E-state index in [1.54, 1.807) is 0 Å². The van der Waals surface area contributed by atoms with E-state index in [1.165, 1.54) is 5.01 Å². The molecule has 6 heteroatoms. The number of amides is 1. The smallest absolute Gasteiger partial charge is 0.461 e. The Morgan fingerprint density at radius 3 is 2.33 bits per heavy atom. The van der Waals surface area contributed by atoms with E-state index in [0.29, 0.717) is 13.1 Å². The van der Waals surface area contributed by atoms with Crippen LogP contribution < -0.4 is 0 Å². The summed E-state index contributed by atoms with van der Waals surface area (Å²) in [4.78, 5) is 10.1. The van der Waals surface area contributed by atoms with Crippen LogP contribution in [0, 0.1) is 0 Å². The molecule has 1 aliphatic heterocycles. The van der Waals surface area contributed by atoms with E-state index in [0.717, 1.165) is 4.78 Å². The average molecular weight is 149 g/mol. The van der Waals surface area contributed by atoms with Crippen LogP contribution in [0.1, 0.15) is 0 Å². The Bertz CT molecular complexity index is 146. The van der Waals surface area contributed by atoms with Gasteiger partial charge in [0.25, 0.3) is 0 Å². The maximum atomic E-state index is 10.1. The summed E-state index contributed by atoms with van der Waals surface area (Å²) < 4.78 is 10.9. The summed E-state index contributed by atoms with van der Waals surface area (Å²) in [6, 6.07) is 0. The molecule has 1 amide bonds. The fourth-order valence-electron chi connectivity index (χ4n) is 0.462. The van der Waals surface area contributed by atoms with Gasteiger partial charge in [0, 0.05) is 13.1 Å². The highest BCUT2D eigenvalue weighted by Gasteiger charge is 2.35. The van der Waals surface area contributed by atoms with Crippen molar-refractivity contribution in [2.75, 3.05) is 13.1 Å². The highest BCUT2D eigenvalue weighted by molar-refractivity contribution is 7.21. The molecule has 1 unspecified atom stereocenters. The molecule has 1 rings (SSSR count). The summed E-state index contributed by atoms with van der Waals surface area (Å²) in [6.45, 7) is 1.39. The number of hydrogen-bond donors (Lipinski definition) is 1. The Balaban J connectivity index is 2.47. The first-order valence-corrected chi connectivity index (χ1v) is 3.27. The minimum atomic E-state index is -1.15. The van der Waals surface area contributed by atoms with Gasteiger partial charge in [-0.2, -0.15) is 5.01 Å². The lowest BCUT2D eigenvalue weighted by Crippen LogP contribution is -2.24. The van der Waals surface area contributed by atoms with Gasteiger partial charge in [-0.3, -0.25) is 0 Å². The van der Waals surface area contributed by atoms with Crippen LogP contribution in [0.3, 0.4) is 0 Å². The van der Waals surface area contributed by atoms with E-state index >= 15 is 0 Å². The molecule has 1 fully saturated rings. The van der Waals surface area contributed by atoms with Crippen LogP contribution in [0.2, 0.25) is 0 Å². The molecule has 0 aromatic carbocycles. The standard InChI is InChI=1S/C3H5N2O3P/c6-3(7)5(9-8)4-1-2-4/h1-2H2,(H,6,7)/p+1. The van der Waals surface area contributed by atoms with Gasteiger partial charge in [-0.15, -0.1) is 0 Å². The fourth-order valence-corrected chi connectivity index (χ4v) is 0.856. The zero-order chi connectivity index (χ0) is 6.85. The molecule has 0 aromatic heterocycles. The number of nitrogens with zero attached hydrogens (tertiary/aromatic N) is 2. The van der Waals surface area contributed by atoms with Crippen molar-refractivity contribution in [2.24, 2.45) is 0 Å². The molecule has 1 N–H and O–H groups in total. The van der Waals surface area contributed by atoms with E-state index in [-0.39, 0.29) is 0 Å². The van der Waals surface area contributed by atoms with Gasteiger partial charge in [0.05, 0.1) is 0 Å². The predicted octanol–water partition coefficient (Wildman–Crippen LogP) is 0.136. The molecule has 1 saturated heterocycles. The highest BCUT2D eigenvalue weighted by Crippen LogP contribution is 2.17. The third-order valence-electron chi connectivity index (χ3n) is 0.974. The molecule has 5 nitrogen and oxygen atoms in total. The number of rotatable bonds is 2. The van der Waals surface area contributed by atoms with Crippen molar-refractivity contribution in [1.29, 1.82) is 0 Å². The third kappa shape index (κ3) is 1.37. The van der Waals surface area contributed by atoms with Crippen LogP contribution in [0.25, 0.3) is 0 Å². The van der Waals surface area contributed by atoms with Crippen LogP contribution in [0.4, 0.5) is 4.79 Å². The van der Waals surface area contributed by atoms with Gasteiger partial charge in [-0.25, -0.2) is 4.79 Å². The SMILES string of the molecule is O=[PH+]N(C(=O)O)N1CC1. The van der Waals surface area contributed by atoms with Crippen molar-refractivity contribution in [2.45, 2.75) is 0 Å². The van der Waals surface area contributed by atoms with E-state index < -0.39 is 14.7 Å². The Hall–Kier alpha value is -0.670. The first-order chi connectivity index (χ1) is 4.25. The van der Waals surface area contributed by atoms with E-state index in [9.17, 15) is 9.36 Å². The van der Waals surface area contributed by atoms with Gasteiger partial charge in [-0.1, -0.05) is 0 Å². The first kappa shape index (κ1) is 6.45. The average Bonchev–Trinajstić information content (AvgIpc) is 2.50. The van der Waals surface area contributed by atoms with Crippen molar-refractivity contribution < 1.29 is 14.5 Å². The minimum absolute atomic E-state index is 0.696.